The Bertz CT molecular complexity index is 792. The Morgan fingerprint density at radius 3 is 2.56 bits per heavy atom. The van der Waals surface area contributed by atoms with Crippen LogP contribution in [0.25, 0.3) is 10.9 Å². The maximum absolute atomic E-state index is 12.9. The average Bonchev–Trinajstić information content (AvgIpc) is 2.68. The number of pyridine rings is 1. The maximum atomic E-state index is 12.9. The highest BCUT2D eigenvalue weighted by Gasteiger charge is 2.41. The number of hydrogen-bond acceptors (Lipinski definition) is 3. The Balaban J connectivity index is 1.60. The lowest BCUT2D eigenvalue weighted by Gasteiger charge is -2.39. The topological polar surface area (TPSA) is 43.8 Å². The van der Waals surface area contributed by atoms with Crippen LogP contribution in [0.2, 0.25) is 0 Å². The molecule has 3 rings (SSSR count). The Hall–Kier alpha value is -2.35. The van der Waals surface area contributed by atoms with Crippen molar-refractivity contribution < 1.29 is 13.2 Å². The average molecular weight is 379 g/mol. The quantitative estimate of drug-likeness (QED) is 0.658. The summed E-state index contributed by atoms with van der Waals surface area (Å²) in [4.78, 5) is 12.2. The van der Waals surface area contributed by atoms with Gasteiger partial charge in [0.25, 0.3) is 0 Å². The molecular weight excluding hydrogens is 355 g/mol. The Morgan fingerprint density at radius 1 is 1.19 bits per heavy atom. The number of para-hydroxylation sites is 1. The summed E-state index contributed by atoms with van der Waals surface area (Å²) in [6, 6.07) is 8.51. The molecule has 27 heavy (non-hydrogen) atoms. The fourth-order valence-electron chi connectivity index (χ4n) is 3.34. The van der Waals surface area contributed by atoms with Crippen molar-refractivity contribution in [1.29, 1.82) is 0 Å². The molecule has 1 aromatic carbocycles. The third kappa shape index (κ3) is 4.50. The van der Waals surface area contributed by atoms with Crippen molar-refractivity contribution in [3.8, 4) is 0 Å². The number of guanidine groups is 1. The van der Waals surface area contributed by atoms with Crippen molar-refractivity contribution in [2.45, 2.75) is 25.7 Å². The van der Waals surface area contributed by atoms with Crippen LogP contribution in [-0.2, 0) is 6.54 Å². The summed E-state index contributed by atoms with van der Waals surface area (Å²) in [7, 11) is 1.69. The Kier molecular flexibility index (Phi) is 5.84. The molecule has 1 fully saturated rings. The molecule has 0 amide bonds. The van der Waals surface area contributed by atoms with E-state index < -0.39 is 12.2 Å². The summed E-state index contributed by atoms with van der Waals surface area (Å²) in [6.45, 7) is 3.51. The van der Waals surface area contributed by atoms with Crippen LogP contribution in [0.4, 0.5) is 13.2 Å². The molecule has 0 radical (unpaired) electrons. The van der Waals surface area contributed by atoms with Gasteiger partial charge in [-0.1, -0.05) is 24.3 Å². The van der Waals surface area contributed by atoms with Crippen LogP contribution in [0.1, 0.15) is 12.5 Å². The minimum absolute atomic E-state index is 0.358. The van der Waals surface area contributed by atoms with Crippen LogP contribution in [-0.4, -0.2) is 66.2 Å². The fraction of sp³-hybridized carbons (Fsp3) is 0.474. The molecule has 1 aromatic heterocycles. The number of piperazine rings is 1. The van der Waals surface area contributed by atoms with E-state index in [-0.39, 0.29) is 0 Å². The second-order valence-corrected chi connectivity index (χ2v) is 6.63. The molecule has 5 nitrogen and oxygen atoms in total. The van der Waals surface area contributed by atoms with E-state index >= 15 is 0 Å². The molecule has 1 atom stereocenters. The first-order valence-electron chi connectivity index (χ1n) is 8.99. The molecule has 146 valence electrons. The van der Waals surface area contributed by atoms with Crippen molar-refractivity contribution in [1.82, 2.24) is 20.1 Å². The zero-order valence-corrected chi connectivity index (χ0v) is 15.5. The molecule has 1 saturated heterocycles. The molecule has 1 unspecified atom stereocenters. The number of nitrogens with zero attached hydrogens (tertiary/aromatic N) is 4. The van der Waals surface area contributed by atoms with Gasteiger partial charge in [0.2, 0.25) is 0 Å². The number of aliphatic imine (C=N–C) groups is 1. The first-order valence-corrected chi connectivity index (χ1v) is 8.99. The van der Waals surface area contributed by atoms with Gasteiger partial charge in [-0.2, -0.15) is 13.2 Å². The summed E-state index contributed by atoms with van der Waals surface area (Å²) < 4.78 is 38.7. The summed E-state index contributed by atoms with van der Waals surface area (Å²) in [5, 5.41) is 4.39. The first kappa shape index (κ1) is 19.4. The van der Waals surface area contributed by atoms with Crippen LogP contribution in [0.15, 0.2) is 41.5 Å². The normalized spacial score (nSPS) is 18.0. The number of fused-ring (bicyclic) bond motifs is 1. The van der Waals surface area contributed by atoms with Crippen LogP contribution in [0.5, 0.6) is 0 Å². The smallest absolute Gasteiger partial charge is 0.352 e. The molecule has 0 bridgehead atoms. The van der Waals surface area contributed by atoms with E-state index in [1.807, 2.05) is 35.2 Å². The molecule has 2 aromatic rings. The molecule has 2 heterocycles. The minimum atomic E-state index is -4.19. The predicted octanol–water partition coefficient (Wildman–Crippen LogP) is 2.88. The molecule has 1 aliphatic heterocycles. The van der Waals surface area contributed by atoms with Crippen molar-refractivity contribution in [3.05, 3.63) is 42.1 Å². The van der Waals surface area contributed by atoms with Crippen molar-refractivity contribution in [2.24, 2.45) is 4.99 Å². The number of benzene rings is 1. The Morgan fingerprint density at radius 2 is 1.89 bits per heavy atom. The van der Waals surface area contributed by atoms with Crippen molar-refractivity contribution in [2.75, 3.05) is 33.2 Å². The first-order chi connectivity index (χ1) is 12.9. The number of alkyl halides is 3. The lowest BCUT2D eigenvalue weighted by atomic mass is 10.1. The van der Waals surface area contributed by atoms with E-state index in [4.69, 9.17) is 0 Å². The third-order valence-corrected chi connectivity index (χ3v) is 5.00. The van der Waals surface area contributed by atoms with Crippen molar-refractivity contribution >= 4 is 16.9 Å². The summed E-state index contributed by atoms with van der Waals surface area (Å²) >= 11 is 0. The highest BCUT2D eigenvalue weighted by Crippen LogP contribution is 2.25. The van der Waals surface area contributed by atoms with Gasteiger partial charge in [-0.3, -0.25) is 14.9 Å². The van der Waals surface area contributed by atoms with Gasteiger partial charge in [0, 0.05) is 51.4 Å². The van der Waals surface area contributed by atoms with E-state index in [1.54, 1.807) is 13.2 Å². The number of rotatable bonds is 3. The van der Waals surface area contributed by atoms with E-state index in [2.05, 4.69) is 15.3 Å². The summed E-state index contributed by atoms with van der Waals surface area (Å²) in [5.41, 5.74) is 1.99. The van der Waals surface area contributed by atoms with Crippen LogP contribution in [0, 0.1) is 0 Å². The van der Waals surface area contributed by atoms with Crippen LogP contribution >= 0.6 is 0 Å². The van der Waals surface area contributed by atoms with E-state index in [0.29, 0.717) is 38.7 Å². The van der Waals surface area contributed by atoms with Gasteiger partial charge in [0.15, 0.2) is 5.96 Å². The zero-order valence-electron chi connectivity index (χ0n) is 15.5. The number of nitrogens with one attached hydrogen (secondary N) is 1. The number of hydrogen-bond donors (Lipinski definition) is 1. The molecule has 0 saturated carbocycles. The molecule has 1 aliphatic rings. The van der Waals surface area contributed by atoms with Gasteiger partial charge < -0.3 is 10.2 Å². The second-order valence-electron chi connectivity index (χ2n) is 6.63. The molecular formula is C19H24F3N5. The number of aromatic nitrogens is 1. The molecule has 8 heteroatoms. The van der Waals surface area contributed by atoms with Crippen LogP contribution in [0.3, 0.4) is 0 Å². The number of halogens is 3. The lowest BCUT2D eigenvalue weighted by Crippen LogP contribution is -2.56. The van der Waals surface area contributed by atoms with E-state index in [1.165, 1.54) is 11.8 Å². The van der Waals surface area contributed by atoms with E-state index in [9.17, 15) is 13.2 Å². The lowest BCUT2D eigenvalue weighted by molar-refractivity contribution is -0.181. The second kappa shape index (κ2) is 8.12. The highest BCUT2D eigenvalue weighted by molar-refractivity contribution is 5.83. The zero-order chi connectivity index (χ0) is 19.4. The van der Waals surface area contributed by atoms with Gasteiger partial charge in [-0.05, 0) is 18.6 Å². The fourth-order valence-corrected chi connectivity index (χ4v) is 3.34. The standard InChI is InChI=1S/C19H24F3N5/c1-14(19(20,21)22)26-9-11-27(12-10-26)18(23-2)25-13-16-6-3-5-15-7-4-8-24-17(15)16/h3-8,14H,9-13H2,1-2H3,(H,23,25). The molecule has 0 spiro atoms. The van der Waals surface area contributed by atoms with Crippen LogP contribution < -0.4 is 5.32 Å². The van der Waals surface area contributed by atoms with Crippen molar-refractivity contribution in [3.63, 3.8) is 0 Å². The molecule has 1 N–H and O–H groups in total. The van der Waals surface area contributed by atoms with Gasteiger partial charge in [0.1, 0.15) is 6.04 Å². The summed E-state index contributed by atoms with van der Waals surface area (Å²) in [5.74, 6) is 0.697. The summed E-state index contributed by atoms with van der Waals surface area (Å²) in [6.07, 6.45) is -2.43. The Labute approximate surface area is 156 Å². The van der Waals surface area contributed by atoms with Gasteiger partial charge >= 0.3 is 6.18 Å². The maximum Gasteiger partial charge on any atom is 0.403 e. The van der Waals surface area contributed by atoms with E-state index in [0.717, 1.165) is 16.5 Å². The monoisotopic (exact) mass is 379 g/mol. The van der Waals surface area contributed by atoms with Gasteiger partial charge in [0.05, 0.1) is 5.52 Å². The SMILES string of the molecule is CN=C(NCc1cccc2cccnc12)N1CCN(C(C)C(F)(F)F)CC1. The van der Waals surface area contributed by atoms with Gasteiger partial charge in [-0.15, -0.1) is 0 Å². The highest BCUT2D eigenvalue weighted by atomic mass is 19.4. The third-order valence-electron chi connectivity index (χ3n) is 5.00. The molecule has 0 aliphatic carbocycles. The van der Waals surface area contributed by atoms with Gasteiger partial charge in [-0.25, -0.2) is 0 Å². The predicted molar refractivity (Wildman–Crippen MR) is 101 cm³/mol. The largest absolute Gasteiger partial charge is 0.403 e. The minimum Gasteiger partial charge on any atom is -0.352 e.